The summed E-state index contributed by atoms with van der Waals surface area (Å²) in [6, 6.07) is 4.89. The van der Waals surface area contributed by atoms with Gasteiger partial charge in [0.15, 0.2) is 0 Å². The van der Waals surface area contributed by atoms with E-state index in [-0.39, 0.29) is 23.6 Å². The molecule has 0 N–H and O–H groups in total. The molecule has 1 aliphatic carbocycles. The Morgan fingerprint density at radius 2 is 1.91 bits per heavy atom. The second-order valence-electron chi connectivity index (χ2n) is 11.2. The second kappa shape index (κ2) is 9.92. The lowest BCUT2D eigenvalue weighted by Crippen LogP contribution is -2.55. The van der Waals surface area contributed by atoms with E-state index in [0.29, 0.717) is 28.9 Å². The summed E-state index contributed by atoms with van der Waals surface area (Å²) in [5.74, 6) is 3.14. The van der Waals surface area contributed by atoms with Crippen molar-refractivity contribution in [3.8, 4) is 5.75 Å². The quantitative estimate of drug-likeness (QED) is 0.510. The Morgan fingerprint density at radius 1 is 1.20 bits per heavy atom. The highest BCUT2D eigenvalue weighted by Crippen LogP contribution is 2.49. The van der Waals surface area contributed by atoms with Crippen LogP contribution in [-0.2, 0) is 11.2 Å². The van der Waals surface area contributed by atoms with Gasteiger partial charge in [0.25, 0.3) is 0 Å². The van der Waals surface area contributed by atoms with Crippen LogP contribution in [0.1, 0.15) is 45.1 Å². The summed E-state index contributed by atoms with van der Waals surface area (Å²) in [7, 11) is 0. The number of aromatic nitrogens is 2. The molecule has 35 heavy (non-hydrogen) atoms. The minimum atomic E-state index is -0.364. The topological polar surface area (TPSA) is 58.6 Å². The number of benzene rings is 1. The van der Waals surface area contributed by atoms with Crippen molar-refractivity contribution in [3.63, 3.8) is 0 Å². The minimum Gasteiger partial charge on any atom is -0.493 e. The second-order valence-corrected chi connectivity index (χ2v) is 11.6. The highest BCUT2D eigenvalue weighted by atomic mass is 35.5. The molecule has 2 aliphatic heterocycles. The summed E-state index contributed by atoms with van der Waals surface area (Å²) in [6.07, 6.45) is 7.99. The van der Waals surface area contributed by atoms with Gasteiger partial charge in [-0.1, -0.05) is 31.5 Å². The minimum absolute atomic E-state index is 0.0109. The third-order valence-electron chi connectivity index (χ3n) is 7.73. The lowest BCUT2D eigenvalue weighted by atomic mass is 9.84. The van der Waals surface area contributed by atoms with E-state index >= 15 is 0 Å². The fourth-order valence-electron chi connectivity index (χ4n) is 5.70. The monoisotopic (exact) mass is 500 g/mol. The summed E-state index contributed by atoms with van der Waals surface area (Å²) in [5, 5.41) is 0.562. The number of likely N-dealkylation sites (tertiary alicyclic amines) is 1. The lowest BCUT2D eigenvalue weighted by Gasteiger charge is -2.45. The molecule has 3 heterocycles. The van der Waals surface area contributed by atoms with E-state index in [0.717, 1.165) is 63.2 Å². The number of hydrogen-bond acceptors (Lipinski definition) is 5. The van der Waals surface area contributed by atoms with Crippen LogP contribution in [0.25, 0.3) is 0 Å². The van der Waals surface area contributed by atoms with Gasteiger partial charge in [0.1, 0.15) is 11.6 Å². The fourth-order valence-corrected chi connectivity index (χ4v) is 5.80. The van der Waals surface area contributed by atoms with Gasteiger partial charge in [-0.3, -0.25) is 4.79 Å². The number of carbonyl (C=O) groups excluding carboxylic acids is 1. The third-order valence-corrected chi connectivity index (χ3v) is 7.92. The largest absolute Gasteiger partial charge is 0.493 e. The number of hydrogen-bond donors (Lipinski definition) is 0. The smallest absolute Gasteiger partial charge is 0.227 e. The number of nitrogens with zero attached hydrogens (tertiary/aromatic N) is 4. The molecule has 5 rings (SSSR count). The van der Waals surface area contributed by atoms with Gasteiger partial charge in [-0.25, -0.2) is 14.4 Å². The van der Waals surface area contributed by atoms with Gasteiger partial charge in [-0.15, -0.1) is 0 Å². The molecule has 1 aromatic carbocycles. The van der Waals surface area contributed by atoms with Crippen molar-refractivity contribution in [2.75, 3.05) is 37.7 Å². The molecule has 0 radical (unpaired) electrons. The maximum Gasteiger partial charge on any atom is 0.227 e. The van der Waals surface area contributed by atoms with Crippen LogP contribution in [-0.4, -0.2) is 53.6 Å². The van der Waals surface area contributed by atoms with Crippen LogP contribution in [0.2, 0.25) is 5.02 Å². The van der Waals surface area contributed by atoms with Crippen molar-refractivity contribution in [2.24, 2.45) is 23.2 Å². The van der Waals surface area contributed by atoms with Crippen molar-refractivity contribution >= 4 is 23.5 Å². The standard InChI is InChI=1S/C27H34ClFN4O2/c1-27(2)16-33(17-27)25(34)12-20-3-4-22(13-24(20)29)35-10-7-19-11-23(19)18-5-8-32(9-6-18)26-30-14-21(28)15-31-26/h3-4,13-15,18-19,23H,5-12,16-17H2,1-2H3/t19-,23-/m1/s1. The molecule has 6 nitrogen and oxygen atoms in total. The maximum absolute atomic E-state index is 14.6. The van der Waals surface area contributed by atoms with Crippen molar-refractivity contribution in [3.05, 3.63) is 47.0 Å². The number of ether oxygens (including phenoxy) is 1. The Hall–Kier alpha value is -2.41. The van der Waals surface area contributed by atoms with Gasteiger partial charge in [0.2, 0.25) is 11.9 Å². The Bertz CT molecular complexity index is 1050. The van der Waals surface area contributed by atoms with Crippen LogP contribution in [0.3, 0.4) is 0 Å². The molecule has 2 atom stereocenters. The fraction of sp³-hybridized carbons (Fsp3) is 0.593. The summed E-state index contributed by atoms with van der Waals surface area (Å²) in [6.45, 7) is 8.31. The molecule has 188 valence electrons. The molecule has 0 unspecified atom stereocenters. The molecule has 8 heteroatoms. The molecule has 2 aromatic rings. The predicted octanol–water partition coefficient (Wildman–Crippen LogP) is 5.00. The number of piperidine rings is 1. The average Bonchev–Trinajstić information content (AvgIpc) is 3.59. The maximum atomic E-state index is 14.6. The van der Waals surface area contributed by atoms with E-state index < -0.39 is 0 Å². The van der Waals surface area contributed by atoms with Gasteiger partial charge in [0.05, 0.1) is 30.4 Å². The molecule has 1 amide bonds. The highest BCUT2D eigenvalue weighted by molar-refractivity contribution is 6.30. The van der Waals surface area contributed by atoms with Crippen molar-refractivity contribution < 1.29 is 13.9 Å². The van der Waals surface area contributed by atoms with Crippen molar-refractivity contribution in [1.29, 1.82) is 0 Å². The van der Waals surface area contributed by atoms with Gasteiger partial charge in [0, 0.05) is 32.2 Å². The Morgan fingerprint density at radius 3 is 2.57 bits per heavy atom. The van der Waals surface area contributed by atoms with Crippen LogP contribution in [0, 0.1) is 29.0 Å². The first-order chi connectivity index (χ1) is 16.8. The molecular formula is C27H34ClFN4O2. The van der Waals surface area contributed by atoms with E-state index in [1.54, 1.807) is 29.4 Å². The van der Waals surface area contributed by atoms with Gasteiger partial charge in [-0.2, -0.15) is 0 Å². The molecule has 1 saturated carbocycles. The first-order valence-electron chi connectivity index (χ1n) is 12.7. The first-order valence-corrected chi connectivity index (χ1v) is 13.1. The Kier molecular flexibility index (Phi) is 6.88. The predicted molar refractivity (Wildman–Crippen MR) is 134 cm³/mol. The normalized spacial score (nSPS) is 23.7. The van der Waals surface area contributed by atoms with Crippen LogP contribution < -0.4 is 9.64 Å². The number of carbonyl (C=O) groups is 1. The van der Waals surface area contributed by atoms with E-state index in [2.05, 4.69) is 28.7 Å². The molecular weight excluding hydrogens is 467 g/mol. The zero-order valence-electron chi connectivity index (χ0n) is 20.6. The van der Waals surface area contributed by atoms with Crippen molar-refractivity contribution in [1.82, 2.24) is 14.9 Å². The third kappa shape index (κ3) is 5.88. The zero-order chi connectivity index (χ0) is 24.6. The SMILES string of the molecule is CC1(C)CN(C(=O)Cc2ccc(OCC[C@@H]3C[C@@H]3C3CCN(c4ncc(Cl)cn4)CC3)cc2F)C1. The molecule has 1 aromatic heterocycles. The molecule has 2 saturated heterocycles. The lowest BCUT2D eigenvalue weighted by molar-refractivity contribution is -0.140. The summed E-state index contributed by atoms with van der Waals surface area (Å²) < 4.78 is 20.4. The number of amides is 1. The highest BCUT2D eigenvalue weighted by Gasteiger charge is 2.43. The molecule has 0 spiro atoms. The van der Waals surface area contributed by atoms with Gasteiger partial charge < -0.3 is 14.5 Å². The molecule has 3 fully saturated rings. The van der Waals surface area contributed by atoms with Crippen molar-refractivity contribution in [2.45, 2.75) is 46.0 Å². The number of halogens is 2. The summed E-state index contributed by atoms with van der Waals surface area (Å²) in [4.78, 5) is 25.1. The number of anilines is 1. The van der Waals surface area contributed by atoms with E-state index in [4.69, 9.17) is 16.3 Å². The molecule has 0 bridgehead atoms. The zero-order valence-corrected chi connectivity index (χ0v) is 21.3. The number of rotatable bonds is 8. The van der Waals surface area contributed by atoms with Crippen LogP contribution in [0.5, 0.6) is 5.75 Å². The Labute approximate surface area is 211 Å². The van der Waals surface area contributed by atoms with E-state index in [1.807, 2.05) is 0 Å². The summed E-state index contributed by atoms with van der Waals surface area (Å²) in [5.41, 5.74) is 0.612. The Balaban J connectivity index is 1.02. The summed E-state index contributed by atoms with van der Waals surface area (Å²) >= 11 is 5.89. The van der Waals surface area contributed by atoms with Gasteiger partial charge in [-0.05, 0) is 60.5 Å². The first kappa shape index (κ1) is 24.3. The van der Waals surface area contributed by atoms with E-state index in [9.17, 15) is 9.18 Å². The van der Waals surface area contributed by atoms with Crippen LogP contribution >= 0.6 is 11.6 Å². The molecule has 3 aliphatic rings. The average molecular weight is 501 g/mol. The van der Waals surface area contributed by atoms with Crippen LogP contribution in [0.4, 0.5) is 10.3 Å². The van der Waals surface area contributed by atoms with E-state index in [1.165, 1.54) is 12.5 Å². The van der Waals surface area contributed by atoms with Crippen LogP contribution in [0.15, 0.2) is 30.6 Å². The van der Waals surface area contributed by atoms with Gasteiger partial charge >= 0.3 is 0 Å².